The van der Waals surface area contributed by atoms with Gasteiger partial charge in [-0.2, -0.15) is 22.5 Å². The fraction of sp³-hybridized carbons (Fsp3) is 0.583. The molecule has 3 nitrogen and oxygen atoms in total. The van der Waals surface area contributed by atoms with Crippen molar-refractivity contribution in [1.29, 1.82) is 0 Å². The van der Waals surface area contributed by atoms with E-state index in [1.807, 2.05) is 0 Å². The van der Waals surface area contributed by atoms with Crippen molar-refractivity contribution in [3.63, 3.8) is 0 Å². The highest BCUT2D eigenvalue weighted by Crippen LogP contribution is 2.28. The quantitative estimate of drug-likeness (QED) is 0.473. The highest BCUT2D eigenvalue weighted by Gasteiger charge is 2.21. The molecule has 0 spiro atoms. The molecule has 1 aliphatic carbocycles. The number of hydrogen-bond donors (Lipinski definition) is 1. The number of nitrogens with zero attached hydrogens (tertiary/aromatic N) is 1. The maximum Gasteiger partial charge on any atom is 0.253 e. The fourth-order valence-electron chi connectivity index (χ4n) is 1.56. The van der Waals surface area contributed by atoms with Crippen molar-refractivity contribution in [2.45, 2.75) is 19.3 Å². The molecule has 0 saturated heterocycles. The largest absolute Gasteiger partial charge is 0.381 e. The van der Waals surface area contributed by atoms with Gasteiger partial charge < -0.3 is 10.1 Å². The van der Waals surface area contributed by atoms with Crippen molar-refractivity contribution in [3.8, 4) is 0 Å². The Hall–Kier alpha value is -1.37. The molecule has 1 aromatic heterocycles. The lowest BCUT2D eigenvalue weighted by Crippen LogP contribution is -2.12. The monoisotopic (exact) mass is 278 g/mol. The molecule has 0 atom stereocenters. The van der Waals surface area contributed by atoms with Gasteiger partial charge in [0, 0.05) is 19.8 Å². The smallest absolute Gasteiger partial charge is 0.253 e. The standard InChI is InChI=1S/C12H14F4N2O/c13-8-10(9(14)12(16)18-11(8)15)17-4-1-5-19-6-7-2-3-7/h7H,1-6H2,(H,17,18). The van der Waals surface area contributed by atoms with Gasteiger partial charge in [0.05, 0.1) is 0 Å². The second-order valence-corrected chi connectivity index (χ2v) is 4.50. The van der Waals surface area contributed by atoms with Gasteiger partial charge in [0.25, 0.3) is 11.9 Å². The zero-order chi connectivity index (χ0) is 13.8. The molecule has 2 rings (SSSR count). The summed E-state index contributed by atoms with van der Waals surface area (Å²) >= 11 is 0. The lowest BCUT2D eigenvalue weighted by atomic mass is 10.3. The molecule has 0 aromatic carbocycles. The van der Waals surface area contributed by atoms with Crippen LogP contribution in [-0.4, -0.2) is 24.7 Å². The number of aromatic nitrogens is 1. The fourth-order valence-corrected chi connectivity index (χ4v) is 1.56. The highest BCUT2D eigenvalue weighted by molar-refractivity contribution is 5.45. The van der Waals surface area contributed by atoms with Crippen LogP contribution in [-0.2, 0) is 4.74 Å². The van der Waals surface area contributed by atoms with Crippen LogP contribution in [0.25, 0.3) is 0 Å². The van der Waals surface area contributed by atoms with Gasteiger partial charge in [-0.05, 0) is 25.2 Å². The summed E-state index contributed by atoms with van der Waals surface area (Å²) < 4.78 is 57.3. The second-order valence-electron chi connectivity index (χ2n) is 4.50. The van der Waals surface area contributed by atoms with Gasteiger partial charge in [0.2, 0.25) is 11.6 Å². The molecule has 7 heteroatoms. The summed E-state index contributed by atoms with van der Waals surface area (Å²) in [6.07, 6.45) is 2.85. The van der Waals surface area contributed by atoms with Crippen LogP contribution in [0.2, 0.25) is 0 Å². The molecule has 19 heavy (non-hydrogen) atoms. The number of nitrogens with one attached hydrogen (secondary N) is 1. The predicted molar refractivity (Wildman–Crippen MR) is 60.7 cm³/mol. The summed E-state index contributed by atoms with van der Waals surface area (Å²) in [6, 6.07) is 0. The Balaban J connectivity index is 1.78. The Labute approximate surface area is 108 Å². The number of ether oxygens (including phenoxy) is 1. The van der Waals surface area contributed by atoms with E-state index in [9.17, 15) is 17.6 Å². The van der Waals surface area contributed by atoms with E-state index < -0.39 is 29.2 Å². The van der Waals surface area contributed by atoms with Crippen LogP contribution in [0.15, 0.2) is 0 Å². The Morgan fingerprint density at radius 3 is 2.32 bits per heavy atom. The van der Waals surface area contributed by atoms with Crippen molar-refractivity contribution in [3.05, 3.63) is 23.5 Å². The van der Waals surface area contributed by atoms with E-state index in [-0.39, 0.29) is 6.54 Å². The summed E-state index contributed by atoms with van der Waals surface area (Å²) in [5.41, 5.74) is -0.827. The normalized spacial score (nSPS) is 14.7. The summed E-state index contributed by atoms with van der Waals surface area (Å²) in [7, 11) is 0. The van der Waals surface area contributed by atoms with Crippen molar-refractivity contribution in [1.82, 2.24) is 4.98 Å². The minimum atomic E-state index is -1.66. The second kappa shape index (κ2) is 6.18. The number of hydrogen-bond acceptors (Lipinski definition) is 3. The number of anilines is 1. The van der Waals surface area contributed by atoms with E-state index >= 15 is 0 Å². The molecule has 1 heterocycles. The van der Waals surface area contributed by atoms with E-state index in [1.165, 1.54) is 12.8 Å². The molecule has 106 valence electrons. The molecular formula is C12H14F4N2O. The molecule has 1 saturated carbocycles. The third-order valence-electron chi connectivity index (χ3n) is 2.82. The first-order valence-electron chi connectivity index (χ1n) is 6.11. The topological polar surface area (TPSA) is 34.2 Å². The molecule has 1 fully saturated rings. The summed E-state index contributed by atoms with van der Waals surface area (Å²) in [5.74, 6) is -5.71. The maximum atomic E-state index is 13.2. The van der Waals surface area contributed by atoms with E-state index in [0.29, 0.717) is 25.6 Å². The van der Waals surface area contributed by atoms with Gasteiger partial charge in [0.15, 0.2) is 0 Å². The van der Waals surface area contributed by atoms with E-state index in [2.05, 4.69) is 10.3 Å². The molecular weight excluding hydrogens is 264 g/mol. The Kier molecular flexibility index (Phi) is 4.57. The molecule has 0 aliphatic heterocycles. The summed E-state index contributed by atoms with van der Waals surface area (Å²) in [5, 5.41) is 2.32. The summed E-state index contributed by atoms with van der Waals surface area (Å²) in [4.78, 5) is 2.47. The van der Waals surface area contributed by atoms with Crippen LogP contribution in [0.3, 0.4) is 0 Å². The Morgan fingerprint density at radius 2 is 1.74 bits per heavy atom. The van der Waals surface area contributed by atoms with Crippen molar-refractivity contribution >= 4 is 5.69 Å². The Bertz CT molecular complexity index is 426. The predicted octanol–water partition coefficient (Wildman–Crippen LogP) is 2.87. The van der Waals surface area contributed by atoms with Gasteiger partial charge in [-0.15, -0.1) is 0 Å². The highest BCUT2D eigenvalue weighted by atomic mass is 19.2. The van der Waals surface area contributed by atoms with E-state index in [1.54, 1.807) is 0 Å². The lowest BCUT2D eigenvalue weighted by molar-refractivity contribution is 0.124. The third-order valence-corrected chi connectivity index (χ3v) is 2.82. The van der Waals surface area contributed by atoms with Crippen LogP contribution in [0.5, 0.6) is 0 Å². The summed E-state index contributed by atoms with van der Waals surface area (Å²) in [6.45, 7) is 1.28. The zero-order valence-electron chi connectivity index (χ0n) is 10.2. The van der Waals surface area contributed by atoms with Crippen molar-refractivity contribution in [2.75, 3.05) is 25.1 Å². The maximum absolute atomic E-state index is 13.2. The average Bonchev–Trinajstić information content (AvgIpc) is 3.19. The van der Waals surface area contributed by atoms with Crippen LogP contribution < -0.4 is 5.32 Å². The van der Waals surface area contributed by atoms with E-state index in [0.717, 1.165) is 0 Å². The van der Waals surface area contributed by atoms with Crippen molar-refractivity contribution < 1.29 is 22.3 Å². The van der Waals surface area contributed by atoms with Gasteiger partial charge in [-0.3, -0.25) is 0 Å². The molecule has 0 amide bonds. The molecule has 0 bridgehead atoms. The first-order chi connectivity index (χ1) is 9.09. The molecule has 1 aliphatic rings. The van der Waals surface area contributed by atoms with Crippen LogP contribution in [0, 0.1) is 29.4 Å². The zero-order valence-corrected chi connectivity index (χ0v) is 10.2. The number of pyridine rings is 1. The van der Waals surface area contributed by atoms with Crippen molar-refractivity contribution in [2.24, 2.45) is 5.92 Å². The van der Waals surface area contributed by atoms with Crippen LogP contribution in [0.4, 0.5) is 23.2 Å². The minimum absolute atomic E-state index is 0.154. The minimum Gasteiger partial charge on any atom is -0.381 e. The van der Waals surface area contributed by atoms with Gasteiger partial charge in [0.1, 0.15) is 5.69 Å². The van der Waals surface area contributed by atoms with E-state index in [4.69, 9.17) is 4.74 Å². The van der Waals surface area contributed by atoms with Gasteiger partial charge in [-0.1, -0.05) is 0 Å². The molecule has 0 unspecified atom stereocenters. The first kappa shape index (κ1) is 14.0. The molecule has 0 radical (unpaired) electrons. The average molecular weight is 278 g/mol. The Morgan fingerprint density at radius 1 is 1.11 bits per heavy atom. The number of halogens is 4. The molecule has 1 aromatic rings. The van der Waals surface area contributed by atoms with Crippen LogP contribution >= 0.6 is 0 Å². The third kappa shape index (κ3) is 3.79. The van der Waals surface area contributed by atoms with Crippen LogP contribution in [0.1, 0.15) is 19.3 Å². The SMILES string of the molecule is Fc1nc(F)c(F)c(NCCCOCC2CC2)c1F. The van der Waals surface area contributed by atoms with Gasteiger partial charge >= 0.3 is 0 Å². The van der Waals surface area contributed by atoms with Gasteiger partial charge in [-0.25, -0.2) is 0 Å². The number of rotatable bonds is 7. The first-order valence-corrected chi connectivity index (χ1v) is 6.11. The molecule has 1 N–H and O–H groups in total. The lowest BCUT2D eigenvalue weighted by Gasteiger charge is -2.09.